The molecule has 336 valence electrons. The largest absolute Gasteiger partial charge is 0.456 e. The molecule has 6 rings (SSSR count). The van der Waals surface area contributed by atoms with Gasteiger partial charge in [-0.15, -0.1) is 0 Å². The average Bonchev–Trinajstić information content (AvgIpc) is 3.26. The van der Waals surface area contributed by atoms with Crippen molar-refractivity contribution in [2.24, 2.45) is 0 Å². The quantitative estimate of drug-likeness (QED) is 0.103. The summed E-state index contributed by atoms with van der Waals surface area (Å²) >= 11 is 0. The Morgan fingerprint density at radius 1 is 0.548 bits per heavy atom. The van der Waals surface area contributed by atoms with Gasteiger partial charge < -0.3 is 72.9 Å². The van der Waals surface area contributed by atoms with Gasteiger partial charge in [-0.25, -0.2) is 9.59 Å². The molecule has 19 heteroatoms. The highest BCUT2D eigenvalue weighted by molar-refractivity contribution is 5.90. The molecule has 5 N–H and O–H groups in total. The fourth-order valence-corrected chi connectivity index (χ4v) is 7.24. The van der Waals surface area contributed by atoms with Gasteiger partial charge in [-0.05, 0) is 36.8 Å². The molecule has 0 radical (unpaired) electrons. The second-order valence-electron chi connectivity index (χ2n) is 14.8. The lowest BCUT2D eigenvalue weighted by molar-refractivity contribution is -0.361. The summed E-state index contributed by atoms with van der Waals surface area (Å²) in [5, 5.41) is 54.9. The van der Waals surface area contributed by atoms with Crippen LogP contribution in [0, 0.1) is 0 Å². The topological polar surface area (TPSA) is 262 Å². The van der Waals surface area contributed by atoms with Crippen molar-refractivity contribution >= 4 is 23.9 Å². The van der Waals surface area contributed by atoms with Gasteiger partial charge in [-0.3, -0.25) is 9.59 Å². The molecule has 0 amide bonds. The minimum Gasteiger partial charge on any atom is -0.456 e. The Hall–Kier alpha value is -4.90. The van der Waals surface area contributed by atoms with Crippen molar-refractivity contribution in [1.82, 2.24) is 0 Å². The third kappa shape index (κ3) is 11.4. The van der Waals surface area contributed by atoms with Gasteiger partial charge in [0.15, 0.2) is 43.3 Å². The second-order valence-corrected chi connectivity index (χ2v) is 14.8. The predicted octanol–water partition coefficient (Wildman–Crippen LogP) is 0.550. The molecule has 3 fully saturated rings. The molecule has 0 bridgehead atoms. The summed E-state index contributed by atoms with van der Waals surface area (Å²) in [5.41, 5.74) is 0.862. The van der Waals surface area contributed by atoms with Gasteiger partial charge >= 0.3 is 23.9 Å². The van der Waals surface area contributed by atoms with E-state index in [1.54, 1.807) is 67.6 Å². The Labute approximate surface area is 355 Å². The van der Waals surface area contributed by atoms with Crippen LogP contribution in [0.25, 0.3) is 0 Å². The fraction of sp³-hybridized carbons (Fsp3) is 0.488. The van der Waals surface area contributed by atoms with Gasteiger partial charge in [0.2, 0.25) is 0 Å². The number of rotatable bonds is 15. The Morgan fingerprint density at radius 2 is 1.08 bits per heavy atom. The van der Waals surface area contributed by atoms with Crippen LogP contribution in [0.1, 0.15) is 47.1 Å². The van der Waals surface area contributed by atoms with E-state index >= 15 is 0 Å². The molecule has 3 aliphatic heterocycles. The smallest absolute Gasteiger partial charge is 0.338 e. The molecule has 15 atom stereocenters. The first-order valence-electron chi connectivity index (χ1n) is 19.8. The van der Waals surface area contributed by atoms with E-state index in [-0.39, 0.29) is 17.7 Å². The monoisotopic (exact) mass is 870 g/mol. The molecular formula is C43H50O19. The maximum absolute atomic E-state index is 13.5. The summed E-state index contributed by atoms with van der Waals surface area (Å²) in [4.78, 5) is 51.2. The van der Waals surface area contributed by atoms with Crippen LogP contribution in [0.5, 0.6) is 0 Å². The summed E-state index contributed by atoms with van der Waals surface area (Å²) in [7, 11) is 0. The highest BCUT2D eigenvalue weighted by Gasteiger charge is 2.55. The summed E-state index contributed by atoms with van der Waals surface area (Å²) < 4.78 is 58.5. The van der Waals surface area contributed by atoms with E-state index in [4.69, 9.17) is 47.4 Å². The molecule has 0 aromatic heterocycles. The first kappa shape index (κ1) is 46.6. The van der Waals surface area contributed by atoms with Gasteiger partial charge in [-0.1, -0.05) is 66.7 Å². The average molecular weight is 871 g/mol. The number of carbonyl (C=O) groups excluding carboxylic acids is 4. The van der Waals surface area contributed by atoms with Crippen molar-refractivity contribution in [3.63, 3.8) is 0 Å². The van der Waals surface area contributed by atoms with Crippen LogP contribution in [0.15, 0.2) is 91.0 Å². The Bertz CT molecular complexity index is 1920. The summed E-state index contributed by atoms with van der Waals surface area (Å²) in [5.74, 6) is -3.29. The molecule has 3 saturated heterocycles. The summed E-state index contributed by atoms with van der Waals surface area (Å²) in [6.07, 6.45) is -23.8. The van der Waals surface area contributed by atoms with Gasteiger partial charge in [-0.2, -0.15) is 0 Å². The number of benzene rings is 3. The number of hydrogen-bond acceptors (Lipinski definition) is 19. The third-order valence-electron chi connectivity index (χ3n) is 10.3. The van der Waals surface area contributed by atoms with Crippen molar-refractivity contribution in [3.8, 4) is 0 Å². The number of ether oxygens (including phenoxy) is 10. The first-order valence-corrected chi connectivity index (χ1v) is 19.8. The number of hydrogen-bond donors (Lipinski definition) is 5. The SMILES string of the molecule is CC(=O)O[C@H]1[C@H](OCc2ccccc2)[C@H](OC[C@H]2O[C@@H](O[C@H]3[C@H](OC(=O)c4ccccc4)[C@@H](OC(=O)c4ccccc4)[C@H](O)O[C@@H]3CO)[C@H](O)[C@@H](O)[C@H]2O)O[C@@H](C)[C@H]1OC(C)=O. The van der Waals surface area contributed by atoms with E-state index in [0.29, 0.717) is 0 Å². The van der Waals surface area contributed by atoms with Crippen molar-refractivity contribution in [2.75, 3.05) is 13.2 Å². The molecule has 3 aromatic carbocycles. The maximum Gasteiger partial charge on any atom is 0.338 e. The molecule has 0 unspecified atom stereocenters. The lowest BCUT2D eigenvalue weighted by atomic mass is 9.96. The van der Waals surface area contributed by atoms with Crippen molar-refractivity contribution < 1.29 is 92.1 Å². The van der Waals surface area contributed by atoms with Crippen molar-refractivity contribution in [2.45, 2.75) is 119 Å². The highest BCUT2D eigenvalue weighted by Crippen LogP contribution is 2.34. The molecular weight excluding hydrogens is 820 g/mol. The Kier molecular flexibility index (Phi) is 16.1. The summed E-state index contributed by atoms with van der Waals surface area (Å²) in [6.45, 7) is 2.41. The van der Waals surface area contributed by atoms with E-state index < -0.39 is 129 Å². The number of carbonyl (C=O) groups is 4. The third-order valence-corrected chi connectivity index (χ3v) is 10.3. The van der Waals surface area contributed by atoms with Gasteiger partial charge in [0.25, 0.3) is 0 Å². The Balaban J connectivity index is 1.25. The zero-order valence-electron chi connectivity index (χ0n) is 33.9. The van der Waals surface area contributed by atoms with E-state index in [1.807, 2.05) is 6.07 Å². The molecule has 19 nitrogen and oxygen atoms in total. The summed E-state index contributed by atoms with van der Waals surface area (Å²) in [6, 6.07) is 24.3. The van der Waals surface area contributed by atoms with Crippen LogP contribution in [0.2, 0.25) is 0 Å². The molecule has 3 aromatic rings. The number of esters is 4. The predicted molar refractivity (Wildman–Crippen MR) is 207 cm³/mol. The zero-order valence-corrected chi connectivity index (χ0v) is 33.9. The molecule has 0 saturated carbocycles. The molecule has 3 heterocycles. The minimum atomic E-state index is -1.99. The molecule has 0 aliphatic carbocycles. The second kappa shape index (κ2) is 21.5. The Morgan fingerprint density at radius 3 is 1.65 bits per heavy atom. The number of aliphatic hydroxyl groups is 5. The van der Waals surface area contributed by atoms with Crippen LogP contribution < -0.4 is 0 Å². The normalized spacial score (nSPS) is 33.5. The van der Waals surface area contributed by atoms with Crippen LogP contribution >= 0.6 is 0 Å². The van der Waals surface area contributed by atoms with Crippen LogP contribution in [-0.4, -0.2) is 155 Å². The zero-order chi connectivity index (χ0) is 44.5. The molecule has 3 aliphatic rings. The standard InChI is InChI=1S/C43H50O19/c1-22-33(56-23(2)45)35(57-24(3)46)38(53-20-25-13-7-4-8-14-25)43(55-22)54-21-29-30(47)31(48)32(49)42(59-29)62-34-28(19-44)58-41(52)37(61-40(51)27-17-11-6-12-18-27)36(34)60-39(50)26-15-9-5-10-16-26/h4-18,22,28-38,41-44,47-49,52H,19-21H2,1-3H3/t22-,28+,29+,30-,31-,32+,33+,34+,35+,36-,37+,38-,41+,42-,43+/m0/s1. The molecule has 0 spiro atoms. The lowest BCUT2D eigenvalue weighted by Crippen LogP contribution is -2.66. The van der Waals surface area contributed by atoms with Crippen molar-refractivity contribution in [1.29, 1.82) is 0 Å². The van der Waals surface area contributed by atoms with Gasteiger partial charge in [0.1, 0.15) is 42.7 Å². The number of aliphatic hydroxyl groups excluding tert-OH is 5. The van der Waals surface area contributed by atoms with E-state index in [1.165, 1.54) is 31.2 Å². The molecule has 62 heavy (non-hydrogen) atoms. The van der Waals surface area contributed by atoms with Crippen LogP contribution in [0.4, 0.5) is 0 Å². The maximum atomic E-state index is 13.5. The minimum absolute atomic E-state index is 0.0289. The van der Waals surface area contributed by atoms with E-state index in [0.717, 1.165) is 12.5 Å². The van der Waals surface area contributed by atoms with Crippen LogP contribution in [-0.2, 0) is 63.6 Å². The first-order chi connectivity index (χ1) is 29.7. The lowest BCUT2D eigenvalue weighted by Gasteiger charge is -2.47. The van der Waals surface area contributed by atoms with E-state index in [9.17, 15) is 44.7 Å². The van der Waals surface area contributed by atoms with Crippen LogP contribution in [0.3, 0.4) is 0 Å². The van der Waals surface area contributed by atoms with Gasteiger partial charge in [0, 0.05) is 13.8 Å². The highest BCUT2D eigenvalue weighted by atomic mass is 16.8. The fourth-order valence-electron chi connectivity index (χ4n) is 7.24. The van der Waals surface area contributed by atoms with E-state index in [2.05, 4.69) is 0 Å². The van der Waals surface area contributed by atoms with Gasteiger partial charge in [0.05, 0.1) is 37.1 Å². The van der Waals surface area contributed by atoms with Crippen molar-refractivity contribution in [3.05, 3.63) is 108 Å².